The summed E-state index contributed by atoms with van der Waals surface area (Å²) < 4.78 is 6.52. The lowest BCUT2D eigenvalue weighted by Crippen LogP contribution is -2.35. The van der Waals surface area contributed by atoms with Gasteiger partial charge >= 0.3 is 0 Å². The molecule has 0 fully saturated rings. The lowest BCUT2D eigenvalue weighted by molar-refractivity contribution is 0.276. The Morgan fingerprint density at radius 2 is 2.11 bits per heavy atom. The molecule has 0 aromatic heterocycles. The molecule has 0 saturated heterocycles. The molecule has 1 unspecified atom stereocenters. The second-order valence-electron chi connectivity index (χ2n) is 5.25. The summed E-state index contributed by atoms with van der Waals surface area (Å²) >= 11 is 3.52. The third kappa shape index (κ3) is 5.07. The largest absolute Gasteiger partial charge is 0.476 e. The highest BCUT2D eigenvalue weighted by Crippen LogP contribution is 2.23. The summed E-state index contributed by atoms with van der Waals surface area (Å²) in [6, 6.07) is 7.81. The van der Waals surface area contributed by atoms with Crippen LogP contribution in [0.5, 0.6) is 5.75 Å². The molecule has 0 aliphatic heterocycles. The quantitative estimate of drug-likeness (QED) is 0.923. The zero-order valence-corrected chi connectivity index (χ0v) is 12.8. The molecule has 0 saturated carbocycles. The lowest BCUT2D eigenvalue weighted by Gasteiger charge is -2.21. The van der Waals surface area contributed by atoms with Gasteiger partial charge in [-0.15, -0.1) is 0 Å². The van der Waals surface area contributed by atoms with Crippen molar-refractivity contribution in [2.45, 2.75) is 45.9 Å². The maximum atomic E-state index is 8.73. The van der Waals surface area contributed by atoms with E-state index in [1.165, 1.54) is 0 Å². The number of hydrogen-bond acceptors (Lipinski definition) is 3. The van der Waals surface area contributed by atoms with E-state index in [9.17, 15) is 0 Å². The van der Waals surface area contributed by atoms with Gasteiger partial charge in [0, 0.05) is 16.6 Å². The Labute approximate surface area is 117 Å². The van der Waals surface area contributed by atoms with E-state index >= 15 is 0 Å². The molecule has 1 N–H and O–H groups in total. The molecule has 0 aliphatic rings. The minimum Gasteiger partial charge on any atom is -0.476 e. The van der Waals surface area contributed by atoms with Gasteiger partial charge in [0.15, 0.2) is 6.10 Å². The topological polar surface area (TPSA) is 45.0 Å². The zero-order valence-electron chi connectivity index (χ0n) is 11.2. The Hall–Kier alpha value is -1.05. The monoisotopic (exact) mass is 310 g/mol. The Bertz CT molecular complexity index is 446. The summed E-state index contributed by atoms with van der Waals surface area (Å²) in [6.45, 7) is 8.86. The molecule has 0 bridgehead atoms. The molecule has 0 aliphatic carbocycles. The first-order valence-electron chi connectivity index (χ1n) is 5.91. The number of hydrogen-bond donors (Lipinski definition) is 1. The molecule has 0 amide bonds. The van der Waals surface area contributed by atoms with Crippen molar-refractivity contribution in [1.29, 1.82) is 5.26 Å². The molecule has 4 heteroatoms. The average Bonchev–Trinajstić information content (AvgIpc) is 2.28. The molecular formula is C14H19BrN2O. The van der Waals surface area contributed by atoms with Crippen LogP contribution in [0.3, 0.4) is 0 Å². The maximum Gasteiger partial charge on any atom is 0.181 e. The van der Waals surface area contributed by atoms with Crippen LogP contribution >= 0.6 is 15.9 Å². The first-order chi connectivity index (χ1) is 8.31. The molecule has 1 atom stereocenters. The first-order valence-corrected chi connectivity index (χ1v) is 6.71. The second kappa shape index (κ2) is 6.21. The number of nitrogens with zero attached hydrogens (tertiary/aromatic N) is 1. The van der Waals surface area contributed by atoms with Crippen LogP contribution in [0.25, 0.3) is 0 Å². The standard InChI is InChI=1S/C14H19BrN2O/c1-10(8-16)18-12-5-6-13(15)11(7-12)9-17-14(2,3)4/h5-7,10,17H,9H2,1-4H3. The van der Waals surface area contributed by atoms with Crippen molar-refractivity contribution in [1.82, 2.24) is 5.32 Å². The van der Waals surface area contributed by atoms with Gasteiger partial charge in [0.05, 0.1) is 0 Å². The van der Waals surface area contributed by atoms with E-state index in [0.29, 0.717) is 0 Å². The maximum absolute atomic E-state index is 8.73. The molecule has 1 aromatic carbocycles. The fourth-order valence-corrected chi connectivity index (χ4v) is 1.74. The van der Waals surface area contributed by atoms with Crippen LogP contribution in [0.15, 0.2) is 22.7 Å². The van der Waals surface area contributed by atoms with Crippen molar-refractivity contribution in [3.8, 4) is 11.8 Å². The minimum absolute atomic E-state index is 0.0657. The predicted octanol–water partition coefficient (Wildman–Crippen LogP) is 3.63. The highest BCUT2D eigenvalue weighted by molar-refractivity contribution is 9.10. The summed E-state index contributed by atoms with van der Waals surface area (Å²) in [5.74, 6) is 0.720. The Balaban J connectivity index is 2.79. The van der Waals surface area contributed by atoms with Crippen LogP contribution in [0, 0.1) is 11.3 Å². The average molecular weight is 311 g/mol. The van der Waals surface area contributed by atoms with Crippen molar-refractivity contribution in [2.75, 3.05) is 0 Å². The first kappa shape index (κ1) is 15.0. The highest BCUT2D eigenvalue weighted by Gasteiger charge is 2.11. The predicted molar refractivity (Wildman–Crippen MR) is 76.4 cm³/mol. The molecule has 1 rings (SSSR count). The molecule has 98 valence electrons. The van der Waals surface area contributed by atoms with E-state index in [4.69, 9.17) is 10.00 Å². The Morgan fingerprint density at radius 1 is 1.44 bits per heavy atom. The van der Waals surface area contributed by atoms with Crippen LogP contribution in [0.2, 0.25) is 0 Å². The summed E-state index contributed by atoms with van der Waals surface area (Å²) in [6.07, 6.45) is -0.436. The van der Waals surface area contributed by atoms with E-state index in [1.54, 1.807) is 6.92 Å². The summed E-state index contributed by atoms with van der Waals surface area (Å²) in [5, 5.41) is 12.2. The van der Waals surface area contributed by atoms with Gasteiger partial charge in [-0.1, -0.05) is 15.9 Å². The van der Waals surface area contributed by atoms with Gasteiger partial charge in [-0.2, -0.15) is 5.26 Å². The van der Waals surface area contributed by atoms with E-state index in [-0.39, 0.29) is 5.54 Å². The molecule has 18 heavy (non-hydrogen) atoms. The van der Waals surface area contributed by atoms with Gasteiger partial charge in [-0.25, -0.2) is 0 Å². The number of halogens is 1. The van der Waals surface area contributed by atoms with Crippen molar-refractivity contribution in [2.24, 2.45) is 0 Å². The Kier molecular flexibility index (Phi) is 5.18. The van der Waals surface area contributed by atoms with E-state index in [0.717, 1.165) is 22.3 Å². The summed E-state index contributed by atoms with van der Waals surface area (Å²) in [5.41, 5.74) is 1.18. The van der Waals surface area contributed by atoms with Gasteiger partial charge in [-0.05, 0) is 51.5 Å². The highest BCUT2D eigenvalue weighted by atomic mass is 79.9. The van der Waals surface area contributed by atoms with Crippen LogP contribution in [0.4, 0.5) is 0 Å². The number of nitrogens with one attached hydrogen (secondary N) is 1. The van der Waals surface area contributed by atoms with Gasteiger partial charge < -0.3 is 10.1 Å². The Morgan fingerprint density at radius 3 is 2.67 bits per heavy atom. The molecule has 3 nitrogen and oxygen atoms in total. The molecule has 0 heterocycles. The number of rotatable bonds is 4. The number of benzene rings is 1. The molecular weight excluding hydrogens is 292 g/mol. The van der Waals surface area contributed by atoms with Gasteiger partial charge in [0.2, 0.25) is 0 Å². The van der Waals surface area contributed by atoms with Crippen molar-refractivity contribution >= 4 is 15.9 Å². The summed E-state index contributed by atoms with van der Waals surface area (Å²) in [7, 11) is 0. The van der Waals surface area contributed by atoms with Gasteiger partial charge in [0.1, 0.15) is 11.8 Å². The fourth-order valence-electron chi connectivity index (χ4n) is 1.35. The zero-order chi connectivity index (χ0) is 13.8. The van der Waals surface area contributed by atoms with Crippen LogP contribution < -0.4 is 10.1 Å². The summed E-state index contributed by atoms with van der Waals surface area (Å²) in [4.78, 5) is 0. The second-order valence-corrected chi connectivity index (χ2v) is 6.10. The fraction of sp³-hybridized carbons (Fsp3) is 0.500. The SMILES string of the molecule is CC(C#N)Oc1ccc(Br)c(CNC(C)(C)C)c1. The van der Waals surface area contributed by atoms with E-state index in [2.05, 4.69) is 48.1 Å². The van der Waals surface area contributed by atoms with E-state index < -0.39 is 6.10 Å². The van der Waals surface area contributed by atoms with Crippen LogP contribution in [0.1, 0.15) is 33.3 Å². The van der Waals surface area contributed by atoms with E-state index in [1.807, 2.05) is 18.2 Å². The van der Waals surface area contributed by atoms with Gasteiger partial charge in [0.25, 0.3) is 0 Å². The molecule has 1 aromatic rings. The van der Waals surface area contributed by atoms with Crippen LogP contribution in [-0.4, -0.2) is 11.6 Å². The molecule has 0 spiro atoms. The molecule has 0 radical (unpaired) electrons. The number of nitriles is 1. The normalized spacial score (nSPS) is 12.9. The third-order valence-electron chi connectivity index (χ3n) is 2.32. The third-order valence-corrected chi connectivity index (χ3v) is 3.09. The van der Waals surface area contributed by atoms with Crippen molar-refractivity contribution in [3.63, 3.8) is 0 Å². The van der Waals surface area contributed by atoms with Gasteiger partial charge in [-0.3, -0.25) is 0 Å². The lowest BCUT2D eigenvalue weighted by atomic mass is 10.1. The minimum atomic E-state index is -0.436. The van der Waals surface area contributed by atoms with Crippen LogP contribution in [-0.2, 0) is 6.54 Å². The van der Waals surface area contributed by atoms with Crippen molar-refractivity contribution < 1.29 is 4.74 Å². The smallest absolute Gasteiger partial charge is 0.181 e. The van der Waals surface area contributed by atoms with Crippen molar-refractivity contribution in [3.05, 3.63) is 28.2 Å². The number of ether oxygens (including phenoxy) is 1.